The van der Waals surface area contributed by atoms with E-state index in [4.69, 9.17) is 0 Å². The molecule has 4 nitrogen and oxygen atoms in total. The minimum atomic E-state index is -0.365. The molecule has 1 aromatic rings. The van der Waals surface area contributed by atoms with Crippen molar-refractivity contribution in [3.05, 3.63) is 35.9 Å². The number of fused-ring (bicyclic) bond motifs is 1. The molecule has 1 aliphatic carbocycles. The molecule has 2 atom stereocenters. The molecule has 0 bridgehead atoms. The standard InChI is InChI=1S/C24H34N2O2/c1-19(27)26-17-10-4-7-13-21-23(26,2)16-18-25(21)22(28)24(14-8-9-15-24)20-11-5-3-6-12-20/h3,5-6,11-12,21H,4,7-10,13-18H2,1-2H3/t21-,23-/m0/s1. The highest BCUT2D eigenvalue weighted by Gasteiger charge is 2.54. The van der Waals surface area contributed by atoms with Gasteiger partial charge in [-0.25, -0.2) is 0 Å². The number of likely N-dealkylation sites (tertiary alicyclic amines) is 2. The highest BCUT2D eigenvalue weighted by atomic mass is 16.2. The lowest BCUT2D eigenvalue weighted by molar-refractivity contribution is -0.144. The van der Waals surface area contributed by atoms with Crippen molar-refractivity contribution in [1.29, 1.82) is 0 Å². The van der Waals surface area contributed by atoms with Crippen LogP contribution in [-0.2, 0) is 15.0 Å². The number of carbonyl (C=O) groups excluding carboxylic acids is 2. The van der Waals surface area contributed by atoms with Gasteiger partial charge in [0.15, 0.2) is 0 Å². The molecule has 2 amide bonds. The summed E-state index contributed by atoms with van der Waals surface area (Å²) >= 11 is 0. The molecular weight excluding hydrogens is 348 g/mol. The van der Waals surface area contributed by atoms with Crippen molar-refractivity contribution in [2.45, 2.75) is 88.6 Å². The van der Waals surface area contributed by atoms with Gasteiger partial charge in [-0.3, -0.25) is 9.59 Å². The van der Waals surface area contributed by atoms with Gasteiger partial charge >= 0.3 is 0 Å². The Kier molecular flexibility index (Phi) is 5.24. The van der Waals surface area contributed by atoms with Crippen molar-refractivity contribution in [2.75, 3.05) is 13.1 Å². The van der Waals surface area contributed by atoms with E-state index in [1.807, 2.05) is 6.07 Å². The van der Waals surface area contributed by atoms with Crippen LogP contribution in [0.2, 0.25) is 0 Å². The van der Waals surface area contributed by atoms with Crippen molar-refractivity contribution in [2.24, 2.45) is 0 Å². The van der Waals surface area contributed by atoms with Crippen LogP contribution in [0.5, 0.6) is 0 Å². The Balaban J connectivity index is 1.68. The lowest BCUT2D eigenvalue weighted by Gasteiger charge is -2.46. The summed E-state index contributed by atoms with van der Waals surface area (Å²) in [6.45, 7) is 5.52. The molecule has 0 aromatic heterocycles. The average molecular weight is 383 g/mol. The summed E-state index contributed by atoms with van der Waals surface area (Å²) in [5.74, 6) is 0.469. The smallest absolute Gasteiger partial charge is 0.233 e. The third-order valence-corrected chi connectivity index (χ3v) is 7.76. The first-order valence-corrected chi connectivity index (χ1v) is 11.1. The first-order chi connectivity index (χ1) is 13.5. The first kappa shape index (κ1) is 19.5. The first-order valence-electron chi connectivity index (χ1n) is 11.1. The van der Waals surface area contributed by atoms with E-state index in [0.29, 0.717) is 5.91 Å². The summed E-state index contributed by atoms with van der Waals surface area (Å²) in [5, 5.41) is 0. The fourth-order valence-corrected chi connectivity index (χ4v) is 6.22. The molecule has 0 radical (unpaired) electrons. The van der Waals surface area contributed by atoms with E-state index >= 15 is 0 Å². The second-order valence-electron chi connectivity index (χ2n) is 9.30. The second kappa shape index (κ2) is 7.53. The molecular formula is C24H34N2O2. The van der Waals surface area contributed by atoms with Crippen molar-refractivity contribution in [3.8, 4) is 0 Å². The van der Waals surface area contributed by atoms with E-state index in [0.717, 1.165) is 70.9 Å². The van der Waals surface area contributed by atoms with Gasteiger partial charge in [-0.05, 0) is 44.6 Å². The van der Waals surface area contributed by atoms with E-state index in [2.05, 4.69) is 41.0 Å². The van der Waals surface area contributed by atoms with E-state index in [-0.39, 0.29) is 22.9 Å². The molecule has 3 aliphatic rings. The number of amides is 2. The van der Waals surface area contributed by atoms with Gasteiger partial charge in [-0.15, -0.1) is 0 Å². The van der Waals surface area contributed by atoms with Crippen LogP contribution in [0.1, 0.15) is 77.2 Å². The van der Waals surface area contributed by atoms with Gasteiger partial charge in [0.25, 0.3) is 0 Å². The zero-order valence-corrected chi connectivity index (χ0v) is 17.5. The molecule has 3 fully saturated rings. The third-order valence-electron chi connectivity index (χ3n) is 7.76. The Morgan fingerprint density at radius 3 is 2.32 bits per heavy atom. The normalized spacial score (nSPS) is 29.9. The predicted octanol–water partition coefficient (Wildman–Crippen LogP) is 4.28. The molecule has 1 saturated carbocycles. The van der Waals surface area contributed by atoms with E-state index in [9.17, 15) is 9.59 Å². The fourth-order valence-electron chi connectivity index (χ4n) is 6.22. The molecule has 2 saturated heterocycles. The van der Waals surface area contributed by atoms with E-state index in [1.165, 1.54) is 5.56 Å². The quantitative estimate of drug-likeness (QED) is 0.766. The summed E-state index contributed by atoms with van der Waals surface area (Å²) in [6.07, 6.45) is 9.41. The number of hydrogen-bond donors (Lipinski definition) is 0. The van der Waals surface area contributed by atoms with Crippen LogP contribution in [0.3, 0.4) is 0 Å². The van der Waals surface area contributed by atoms with Crippen molar-refractivity contribution in [3.63, 3.8) is 0 Å². The molecule has 4 rings (SSSR count). The Morgan fingerprint density at radius 2 is 1.64 bits per heavy atom. The number of nitrogens with zero attached hydrogens (tertiary/aromatic N) is 2. The Hall–Kier alpha value is -1.84. The summed E-state index contributed by atoms with van der Waals surface area (Å²) < 4.78 is 0. The van der Waals surface area contributed by atoms with Crippen molar-refractivity contribution >= 4 is 11.8 Å². The summed E-state index contributed by atoms with van der Waals surface area (Å²) in [7, 11) is 0. The number of benzene rings is 1. The van der Waals surface area contributed by atoms with E-state index < -0.39 is 0 Å². The number of rotatable bonds is 2. The minimum Gasteiger partial charge on any atom is -0.336 e. The van der Waals surface area contributed by atoms with Crippen LogP contribution in [0.15, 0.2) is 30.3 Å². The topological polar surface area (TPSA) is 40.6 Å². The highest BCUT2D eigenvalue weighted by Crippen LogP contribution is 2.46. The monoisotopic (exact) mass is 382 g/mol. The predicted molar refractivity (Wildman–Crippen MR) is 111 cm³/mol. The number of hydrogen-bond acceptors (Lipinski definition) is 2. The fraction of sp³-hybridized carbons (Fsp3) is 0.667. The maximum Gasteiger partial charge on any atom is 0.233 e. The van der Waals surface area contributed by atoms with Gasteiger partial charge in [0.05, 0.1) is 17.0 Å². The molecule has 0 unspecified atom stereocenters. The maximum atomic E-state index is 14.1. The Bertz CT molecular complexity index is 725. The summed E-state index contributed by atoms with van der Waals surface area (Å²) in [5.41, 5.74) is 0.592. The van der Waals surface area contributed by atoms with Crippen molar-refractivity contribution in [1.82, 2.24) is 9.80 Å². The van der Waals surface area contributed by atoms with Crippen molar-refractivity contribution < 1.29 is 9.59 Å². The Morgan fingerprint density at radius 1 is 0.929 bits per heavy atom. The maximum absolute atomic E-state index is 14.1. The third kappa shape index (κ3) is 3.05. The lowest BCUT2D eigenvalue weighted by atomic mass is 9.76. The van der Waals surface area contributed by atoms with E-state index in [1.54, 1.807) is 6.92 Å². The zero-order valence-electron chi connectivity index (χ0n) is 17.5. The highest BCUT2D eigenvalue weighted by molar-refractivity contribution is 5.89. The van der Waals surface area contributed by atoms with Crippen LogP contribution >= 0.6 is 0 Å². The summed E-state index contributed by atoms with van der Waals surface area (Å²) in [6, 6.07) is 10.6. The Labute approximate surface area is 169 Å². The molecule has 28 heavy (non-hydrogen) atoms. The summed E-state index contributed by atoms with van der Waals surface area (Å²) in [4.78, 5) is 30.8. The van der Waals surface area contributed by atoms with Gasteiger partial charge in [-0.2, -0.15) is 0 Å². The molecule has 1 aromatic carbocycles. The van der Waals surface area contributed by atoms with Gasteiger partial charge in [0.1, 0.15) is 0 Å². The SMILES string of the molecule is CC(=O)N1CCCCC[C@@H]2N(C(=O)C3(c4ccccc4)CCCC3)CC[C@@]21C. The lowest BCUT2D eigenvalue weighted by Crippen LogP contribution is -2.59. The zero-order chi connectivity index (χ0) is 19.8. The second-order valence-corrected chi connectivity index (χ2v) is 9.30. The largest absolute Gasteiger partial charge is 0.336 e. The van der Waals surface area contributed by atoms with Crippen LogP contribution in [0.25, 0.3) is 0 Å². The van der Waals surface area contributed by atoms with Crippen LogP contribution in [-0.4, -0.2) is 46.3 Å². The molecule has 152 valence electrons. The van der Waals surface area contributed by atoms with Gasteiger partial charge in [0.2, 0.25) is 11.8 Å². The van der Waals surface area contributed by atoms with Crippen LogP contribution in [0.4, 0.5) is 0 Å². The van der Waals surface area contributed by atoms with Gasteiger partial charge in [0, 0.05) is 20.0 Å². The molecule has 0 spiro atoms. The minimum absolute atomic E-state index is 0.144. The molecule has 4 heteroatoms. The molecule has 2 aliphatic heterocycles. The molecule has 2 heterocycles. The number of carbonyl (C=O) groups is 2. The van der Waals surface area contributed by atoms with Gasteiger partial charge in [-0.1, -0.05) is 56.0 Å². The van der Waals surface area contributed by atoms with Crippen LogP contribution in [0, 0.1) is 0 Å². The van der Waals surface area contributed by atoms with Gasteiger partial charge < -0.3 is 9.80 Å². The molecule has 0 N–H and O–H groups in total. The van der Waals surface area contributed by atoms with Crippen LogP contribution < -0.4 is 0 Å². The average Bonchev–Trinajstić information content (AvgIpc) is 3.29.